The number of esters is 1. The van der Waals surface area contributed by atoms with Crippen LogP contribution >= 0.6 is 0 Å². The number of ether oxygens (including phenoxy) is 2. The van der Waals surface area contributed by atoms with Gasteiger partial charge in [0.1, 0.15) is 11.6 Å². The van der Waals surface area contributed by atoms with Crippen molar-refractivity contribution in [1.82, 2.24) is 0 Å². The Morgan fingerprint density at radius 2 is 1.79 bits per heavy atom. The first-order valence-corrected chi connectivity index (χ1v) is 7.50. The van der Waals surface area contributed by atoms with Gasteiger partial charge in [-0.25, -0.2) is 9.18 Å². The molecular weight excluding hydrogens is 313 g/mol. The van der Waals surface area contributed by atoms with Gasteiger partial charge < -0.3 is 14.8 Å². The molecule has 0 unspecified atom stereocenters. The first-order valence-electron chi connectivity index (χ1n) is 7.50. The Morgan fingerprint density at radius 3 is 2.42 bits per heavy atom. The molecule has 0 saturated heterocycles. The van der Waals surface area contributed by atoms with Crippen molar-refractivity contribution in [2.24, 2.45) is 0 Å². The highest BCUT2D eigenvalue weighted by molar-refractivity contribution is 5.94. The van der Waals surface area contributed by atoms with Crippen LogP contribution in [-0.2, 0) is 9.53 Å². The van der Waals surface area contributed by atoms with Gasteiger partial charge in [-0.3, -0.25) is 4.79 Å². The lowest BCUT2D eigenvalue weighted by molar-refractivity contribution is -0.122. The highest BCUT2D eigenvalue weighted by Gasteiger charge is 2.16. The molecule has 2 aromatic rings. The van der Waals surface area contributed by atoms with Gasteiger partial charge in [0.05, 0.1) is 17.9 Å². The summed E-state index contributed by atoms with van der Waals surface area (Å²) in [6.45, 7) is 3.57. The standard InChI is InChI=1S/C18H18FNO4/c1-3-23-18(22)13-8-10-14(11-9-13)24-12(2)17(21)20-16-7-5-4-6-15(16)19/h4-12H,3H2,1-2H3,(H,20,21)/t12-/m1/s1. The molecule has 0 aliphatic carbocycles. The number of carbonyl (C=O) groups excluding carboxylic acids is 2. The molecule has 0 fully saturated rings. The smallest absolute Gasteiger partial charge is 0.338 e. The highest BCUT2D eigenvalue weighted by atomic mass is 19.1. The number of rotatable bonds is 6. The Balaban J connectivity index is 1.96. The van der Waals surface area contributed by atoms with E-state index in [0.717, 1.165) is 0 Å². The second-order valence-electron chi connectivity index (χ2n) is 4.97. The molecule has 24 heavy (non-hydrogen) atoms. The Bertz CT molecular complexity index is 715. The zero-order valence-electron chi connectivity index (χ0n) is 13.4. The number of anilines is 1. The van der Waals surface area contributed by atoms with Gasteiger partial charge in [0, 0.05) is 0 Å². The Hall–Kier alpha value is -2.89. The van der Waals surface area contributed by atoms with Crippen molar-refractivity contribution in [1.29, 1.82) is 0 Å². The summed E-state index contributed by atoms with van der Waals surface area (Å²) in [4.78, 5) is 23.6. The summed E-state index contributed by atoms with van der Waals surface area (Å²) in [7, 11) is 0. The van der Waals surface area contributed by atoms with Crippen molar-refractivity contribution >= 4 is 17.6 Å². The summed E-state index contributed by atoms with van der Waals surface area (Å²) < 4.78 is 23.9. The van der Waals surface area contributed by atoms with Crippen molar-refractivity contribution in [3.8, 4) is 5.75 Å². The van der Waals surface area contributed by atoms with Crippen molar-refractivity contribution in [2.75, 3.05) is 11.9 Å². The van der Waals surface area contributed by atoms with Gasteiger partial charge in [-0.1, -0.05) is 12.1 Å². The van der Waals surface area contributed by atoms with E-state index in [4.69, 9.17) is 9.47 Å². The van der Waals surface area contributed by atoms with E-state index in [1.165, 1.54) is 18.2 Å². The molecule has 126 valence electrons. The highest BCUT2D eigenvalue weighted by Crippen LogP contribution is 2.17. The van der Waals surface area contributed by atoms with Gasteiger partial charge in [0.25, 0.3) is 5.91 Å². The molecule has 1 atom stereocenters. The van der Waals surface area contributed by atoms with Crippen LogP contribution in [0.4, 0.5) is 10.1 Å². The molecule has 5 nitrogen and oxygen atoms in total. The topological polar surface area (TPSA) is 64.6 Å². The van der Waals surface area contributed by atoms with Gasteiger partial charge in [-0.05, 0) is 50.2 Å². The number of nitrogens with one attached hydrogen (secondary N) is 1. The fourth-order valence-corrected chi connectivity index (χ4v) is 1.94. The number of para-hydroxylation sites is 1. The molecule has 0 aliphatic rings. The van der Waals surface area contributed by atoms with Crippen molar-refractivity contribution in [2.45, 2.75) is 20.0 Å². The normalized spacial score (nSPS) is 11.5. The van der Waals surface area contributed by atoms with E-state index in [-0.39, 0.29) is 5.69 Å². The molecule has 0 heterocycles. The molecule has 0 radical (unpaired) electrons. The number of carbonyl (C=O) groups is 2. The molecule has 2 rings (SSSR count). The maximum absolute atomic E-state index is 13.5. The van der Waals surface area contributed by atoms with Crippen LogP contribution in [0.3, 0.4) is 0 Å². The van der Waals surface area contributed by atoms with Crippen molar-refractivity contribution in [3.63, 3.8) is 0 Å². The average molecular weight is 331 g/mol. The maximum atomic E-state index is 13.5. The van der Waals surface area contributed by atoms with Crippen LogP contribution in [-0.4, -0.2) is 24.6 Å². The summed E-state index contributed by atoms with van der Waals surface area (Å²) in [5.74, 6) is -1.000. The van der Waals surface area contributed by atoms with E-state index in [0.29, 0.717) is 17.9 Å². The quantitative estimate of drug-likeness (QED) is 0.824. The molecule has 0 bridgehead atoms. The lowest BCUT2D eigenvalue weighted by Gasteiger charge is -2.15. The molecule has 0 saturated carbocycles. The lowest BCUT2D eigenvalue weighted by Crippen LogP contribution is -2.30. The Labute approximate surface area is 139 Å². The summed E-state index contributed by atoms with van der Waals surface area (Å²) >= 11 is 0. The Kier molecular flexibility index (Phi) is 5.89. The number of amides is 1. The fourth-order valence-electron chi connectivity index (χ4n) is 1.94. The third-order valence-electron chi connectivity index (χ3n) is 3.18. The second-order valence-corrected chi connectivity index (χ2v) is 4.97. The lowest BCUT2D eigenvalue weighted by atomic mass is 10.2. The van der Waals surface area contributed by atoms with Gasteiger partial charge >= 0.3 is 5.97 Å². The van der Waals surface area contributed by atoms with E-state index in [1.807, 2.05) is 0 Å². The predicted molar refractivity (Wildman–Crippen MR) is 87.5 cm³/mol. The number of hydrogen-bond donors (Lipinski definition) is 1. The molecule has 0 aromatic heterocycles. The molecule has 0 aliphatic heterocycles. The number of benzene rings is 2. The molecule has 1 N–H and O–H groups in total. The molecule has 0 spiro atoms. The monoisotopic (exact) mass is 331 g/mol. The largest absolute Gasteiger partial charge is 0.481 e. The van der Waals surface area contributed by atoms with Gasteiger partial charge in [-0.15, -0.1) is 0 Å². The second kappa shape index (κ2) is 8.10. The first-order chi connectivity index (χ1) is 11.5. The molecule has 1 amide bonds. The van der Waals surface area contributed by atoms with Crippen molar-refractivity contribution in [3.05, 3.63) is 59.9 Å². The number of halogens is 1. The molecule has 2 aromatic carbocycles. The minimum absolute atomic E-state index is 0.0932. The average Bonchev–Trinajstić information content (AvgIpc) is 2.57. The first kappa shape index (κ1) is 17.5. The van der Waals surface area contributed by atoms with E-state index < -0.39 is 23.8 Å². The third-order valence-corrected chi connectivity index (χ3v) is 3.18. The fraction of sp³-hybridized carbons (Fsp3) is 0.222. The summed E-state index contributed by atoms with van der Waals surface area (Å²) in [6, 6.07) is 12.1. The van der Waals surface area contributed by atoms with E-state index in [9.17, 15) is 14.0 Å². The van der Waals surface area contributed by atoms with Crippen LogP contribution < -0.4 is 10.1 Å². The Morgan fingerprint density at radius 1 is 1.12 bits per heavy atom. The maximum Gasteiger partial charge on any atom is 0.338 e. The predicted octanol–water partition coefficient (Wildman–Crippen LogP) is 3.41. The summed E-state index contributed by atoms with van der Waals surface area (Å²) in [5.41, 5.74) is 0.489. The van der Waals surface area contributed by atoms with Gasteiger partial charge in [0.15, 0.2) is 6.10 Å². The summed E-state index contributed by atoms with van der Waals surface area (Å²) in [6.07, 6.45) is -0.835. The van der Waals surface area contributed by atoms with Gasteiger partial charge in [-0.2, -0.15) is 0 Å². The third kappa shape index (κ3) is 4.55. The van der Waals surface area contributed by atoms with E-state index in [2.05, 4.69) is 5.32 Å². The minimum Gasteiger partial charge on any atom is -0.481 e. The van der Waals surface area contributed by atoms with Crippen LogP contribution in [0.1, 0.15) is 24.2 Å². The van der Waals surface area contributed by atoms with Crippen molar-refractivity contribution < 1.29 is 23.5 Å². The minimum atomic E-state index is -0.835. The molecule has 6 heteroatoms. The molecular formula is C18H18FNO4. The van der Waals surface area contributed by atoms with Crippen LogP contribution in [0.15, 0.2) is 48.5 Å². The summed E-state index contributed by atoms with van der Waals surface area (Å²) in [5, 5.41) is 2.46. The van der Waals surface area contributed by atoms with Crippen LogP contribution in [0.5, 0.6) is 5.75 Å². The van der Waals surface area contributed by atoms with Crippen LogP contribution in [0.25, 0.3) is 0 Å². The van der Waals surface area contributed by atoms with E-state index in [1.54, 1.807) is 44.2 Å². The zero-order chi connectivity index (χ0) is 17.5. The van der Waals surface area contributed by atoms with Crippen LogP contribution in [0.2, 0.25) is 0 Å². The SMILES string of the molecule is CCOC(=O)c1ccc(O[C@H](C)C(=O)Nc2ccccc2F)cc1. The van der Waals surface area contributed by atoms with Gasteiger partial charge in [0.2, 0.25) is 0 Å². The number of hydrogen-bond acceptors (Lipinski definition) is 4. The zero-order valence-corrected chi connectivity index (χ0v) is 13.4. The van der Waals surface area contributed by atoms with E-state index >= 15 is 0 Å². The van der Waals surface area contributed by atoms with Crippen LogP contribution in [0, 0.1) is 5.82 Å².